The molecule has 0 amide bonds. The first-order valence-corrected chi connectivity index (χ1v) is 9.04. The van der Waals surface area contributed by atoms with Crippen molar-refractivity contribution < 1.29 is 4.92 Å². The Hall–Kier alpha value is -2.70. The van der Waals surface area contributed by atoms with Gasteiger partial charge in [0.1, 0.15) is 5.82 Å². The van der Waals surface area contributed by atoms with Crippen molar-refractivity contribution in [1.82, 2.24) is 9.55 Å². The summed E-state index contributed by atoms with van der Waals surface area (Å²) in [6, 6.07) is 8.20. The Balaban J connectivity index is 2.09. The van der Waals surface area contributed by atoms with Crippen molar-refractivity contribution in [2.45, 2.75) is 46.1 Å². The van der Waals surface area contributed by atoms with E-state index in [1.54, 1.807) is 6.92 Å². The maximum Gasteiger partial charge on any atom is 0.376 e. The molecule has 0 fully saturated rings. The van der Waals surface area contributed by atoms with E-state index in [-0.39, 0.29) is 11.7 Å². The van der Waals surface area contributed by atoms with Crippen LogP contribution in [0.4, 0.5) is 11.5 Å². The number of benzene rings is 1. The molecule has 2 aromatic rings. The van der Waals surface area contributed by atoms with E-state index in [0.717, 1.165) is 12.8 Å². The fraction of sp³-hybridized carbons (Fsp3) is 0.474. The second kappa shape index (κ2) is 7.27. The third-order valence-electron chi connectivity index (χ3n) is 4.89. The van der Waals surface area contributed by atoms with E-state index >= 15 is 0 Å². The van der Waals surface area contributed by atoms with Crippen LogP contribution in [0, 0.1) is 10.1 Å². The summed E-state index contributed by atoms with van der Waals surface area (Å²) in [5.74, 6) is 0.812. The third kappa shape index (κ3) is 3.21. The van der Waals surface area contributed by atoms with E-state index in [1.165, 1.54) is 15.7 Å². The van der Waals surface area contributed by atoms with Crippen LogP contribution in [0.15, 0.2) is 29.1 Å². The van der Waals surface area contributed by atoms with Crippen molar-refractivity contribution >= 4 is 11.5 Å². The number of hydrogen-bond acceptors (Lipinski definition) is 5. The topological polar surface area (TPSA) is 81.3 Å². The van der Waals surface area contributed by atoms with Crippen molar-refractivity contribution in [3.05, 3.63) is 61.7 Å². The largest absolute Gasteiger partial charge is 0.376 e. The molecule has 0 saturated carbocycles. The molecular formula is C19H24N4O3. The highest BCUT2D eigenvalue weighted by Crippen LogP contribution is 2.27. The first kappa shape index (κ1) is 18.1. The minimum absolute atomic E-state index is 0.00591. The summed E-state index contributed by atoms with van der Waals surface area (Å²) in [4.78, 5) is 30.4. The molecule has 1 aliphatic heterocycles. The van der Waals surface area contributed by atoms with Crippen LogP contribution in [-0.4, -0.2) is 27.6 Å². The minimum Gasteiger partial charge on any atom is -0.350 e. The third-order valence-corrected chi connectivity index (χ3v) is 4.89. The maximum absolute atomic E-state index is 12.8. The maximum atomic E-state index is 12.8. The average molecular weight is 356 g/mol. The fourth-order valence-electron chi connectivity index (χ4n) is 3.56. The summed E-state index contributed by atoms with van der Waals surface area (Å²) in [5.41, 5.74) is 1.53. The number of rotatable bonds is 4. The Morgan fingerprint density at radius 3 is 2.23 bits per heavy atom. The van der Waals surface area contributed by atoms with Gasteiger partial charge in [-0.15, -0.1) is 0 Å². The molecule has 0 aliphatic carbocycles. The Labute approximate surface area is 152 Å². The van der Waals surface area contributed by atoms with E-state index in [1.807, 2.05) is 30.9 Å². The molecule has 0 atom stereocenters. The van der Waals surface area contributed by atoms with Crippen molar-refractivity contribution in [3.63, 3.8) is 0 Å². The summed E-state index contributed by atoms with van der Waals surface area (Å²) in [5, 5.41) is 11.7. The Kier molecular flexibility index (Phi) is 5.06. The Morgan fingerprint density at radius 1 is 1.19 bits per heavy atom. The number of hydrogen-bond donors (Lipinski definition) is 0. The minimum atomic E-state index is -0.584. The van der Waals surface area contributed by atoms with Crippen molar-refractivity contribution in [1.29, 1.82) is 0 Å². The molecule has 2 heterocycles. The van der Waals surface area contributed by atoms with E-state index in [2.05, 4.69) is 17.1 Å². The molecule has 138 valence electrons. The van der Waals surface area contributed by atoms with Crippen LogP contribution in [0.1, 0.15) is 43.6 Å². The zero-order valence-electron chi connectivity index (χ0n) is 15.4. The molecule has 7 nitrogen and oxygen atoms in total. The van der Waals surface area contributed by atoms with Gasteiger partial charge in [0.15, 0.2) is 0 Å². The quantitative estimate of drug-likeness (QED) is 0.621. The lowest BCUT2D eigenvalue weighted by atomic mass is 10.0. The van der Waals surface area contributed by atoms with Gasteiger partial charge in [0.2, 0.25) is 5.82 Å². The molecule has 0 saturated heterocycles. The van der Waals surface area contributed by atoms with E-state index in [4.69, 9.17) is 0 Å². The standard InChI is InChI=1S/C19H24N4O3/c1-4-22-17(13(2)3)20-18(16(19(22)24)23(25)26)21-11-9-14-7-5-6-8-15(14)10-12-21/h5-8,13H,4,9-12H2,1-3H3. The molecule has 0 bridgehead atoms. The molecule has 1 aromatic carbocycles. The van der Waals surface area contributed by atoms with Gasteiger partial charge in [0.25, 0.3) is 0 Å². The predicted octanol–water partition coefficient (Wildman–Crippen LogP) is 2.90. The van der Waals surface area contributed by atoms with Gasteiger partial charge in [-0.3, -0.25) is 19.5 Å². The lowest BCUT2D eigenvalue weighted by Crippen LogP contribution is -2.34. The van der Waals surface area contributed by atoms with Gasteiger partial charge in [-0.2, -0.15) is 0 Å². The van der Waals surface area contributed by atoms with E-state index < -0.39 is 16.2 Å². The van der Waals surface area contributed by atoms with Crippen molar-refractivity contribution in [3.8, 4) is 0 Å². The van der Waals surface area contributed by atoms with Crippen molar-refractivity contribution in [2.75, 3.05) is 18.0 Å². The summed E-state index contributed by atoms with van der Waals surface area (Å²) < 4.78 is 1.42. The molecule has 7 heteroatoms. The average Bonchev–Trinajstić information content (AvgIpc) is 2.83. The van der Waals surface area contributed by atoms with Gasteiger partial charge >= 0.3 is 11.2 Å². The number of nitrogens with zero attached hydrogens (tertiary/aromatic N) is 4. The second-order valence-corrected chi connectivity index (χ2v) is 6.86. The van der Waals surface area contributed by atoms with Crippen LogP contribution in [0.3, 0.4) is 0 Å². The van der Waals surface area contributed by atoms with Gasteiger partial charge in [0, 0.05) is 25.6 Å². The lowest BCUT2D eigenvalue weighted by molar-refractivity contribution is -0.386. The molecule has 1 aromatic heterocycles. The van der Waals surface area contributed by atoms with Gasteiger partial charge < -0.3 is 4.90 Å². The normalized spacial score (nSPS) is 14.2. The number of anilines is 1. The summed E-state index contributed by atoms with van der Waals surface area (Å²) in [6.07, 6.45) is 1.56. The molecule has 26 heavy (non-hydrogen) atoms. The van der Waals surface area contributed by atoms with Gasteiger partial charge in [-0.05, 0) is 30.9 Å². The first-order valence-electron chi connectivity index (χ1n) is 9.04. The molecule has 0 N–H and O–H groups in total. The highest BCUT2D eigenvalue weighted by atomic mass is 16.6. The number of fused-ring (bicyclic) bond motifs is 1. The lowest BCUT2D eigenvalue weighted by Gasteiger charge is -2.23. The van der Waals surface area contributed by atoms with E-state index in [0.29, 0.717) is 25.5 Å². The highest BCUT2D eigenvalue weighted by molar-refractivity contribution is 5.57. The number of nitro groups is 1. The molecule has 3 rings (SSSR count). The second-order valence-electron chi connectivity index (χ2n) is 6.86. The molecule has 0 spiro atoms. The van der Waals surface area contributed by atoms with Crippen LogP contribution in [0.2, 0.25) is 0 Å². The molecule has 0 radical (unpaired) electrons. The van der Waals surface area contributed by atoms with Crippen molar-refractivity contribution in [2.24, 2.45) is 0 Å². The van der Waals surface area contributed by atoms with Crippen LogP contribution >= 0.6 is 0 Å². The molecule has 0 unspecified atom stereocenters. The molecular weight excluding hydrogens is 332 g/mol. The van der Waals surface area contributed by atoms with Gasteiger partial charge in [0.05, 0.1) is 4.92 Å². The van der Waals surface area contributed by atoms with Crippen LogP contribution < -0.4 is 10.5 Å². The number of aromatic nitrogens is 2. The zero-order chi connectivity index (χ0) is 18.8. The monoisotopic (exact) mass is 356 g/mol. The summed E-state index contributed by atoms with van der Waals surface area (Å²) >= 11 is 0. The van der Waals surface area contributed by atoms with E-state index in [9.17, 15) is 14.9 Å². The highest BCUT2D eigenvalue weighted by Gasteiger charge is 2.30. The SMILES string of the molecule is CCn1c(C(C)C)nc(N2CCc3ccccc3CC2)c([N+](=O)[O-])c1=O. The van der Waals surface area contributed by atoms with Crippen LogP contribution in [0.5, 0.6) is 0 Å². The van der Waals surface area contributed by atoms with Crippen LogP contribution in [0.25, 0.3) is 0 Å². The zero-order valence-corrected chi connectivity index (χ0v) is 15.4. The first-order chi connectivity index (χ1) is 12.4. The van der Waals surface area contributed by atoms with Gasteiger partial charge in [-0.25, -0.2) is 4.98 Å². The van der Waals surface area contributed by atoms with Gasteiger partial charge in [-0.1, -0.05) is 38.1 Å². The Morgan fingerprint density at radius 2 is 1.77 bits per heavy atom. The summed E-state index contributed by atoms with van der Waals surface area (Å²) in [7, 11) is 0. The fourth-order valence-corrected chi connectivity index (χ4v) is 3.56. The van der Waals surface area contributed by atoms with Crippen LogP contribution in [-0.2, 0) is 19.4 Å². The predicted molar refractivity (Wildman–Crippen MR) is 101 cm³/mol. The Bertz CT molecular complexity index is 862. The summed E-state index contributed by atoms with van der Waals surface area (Å²) in [6.45, 7) is 7.28. The molecule has 1 aliphatic rings. The smallest absolute Gasteiger partial charge is 0.350 e.